The molecule has 0 atom stereocenters. The highest BCUT2D eigenvalue weighted by atomic mass is 32.2. The zero-order valence-corrected chi connectivity index (χ0v) is 14.7. The van der Waals surface area contributed by atoms with Crippen LogP contribution in [-0.4, -0.2) is 33.0 Å². The average Bonchev–Trinajstić information content (AvgIpc) is 2.53. The molecule has 0 spiro atoms. The van der Waals surface area contributed by atoms with E-state index in [1.807, 2.05) is 38.1 Å². The zero-order chi connectivity index (χ0) is 17.8. The number of sulfonamides is 1. The number of benzene rings is 2. The fourth-order valence-corrected chi connectivity index (χ4v) is 3.27. The Morgan fingerprint density at radius 3 is 2.46 bits per heavy atom. The van der Waals surface area contributed by atoms with Crippen LogP contribution in [0.25, 0.3) is 10.8 Å². The lowest BCUT2D eigenvalue weighted by Gasteiger charge is -2.24. The van der Waals surface area contributed by atoms with Crippen molar-refractivity contribution in [2.75, 3.05) is 13.1 Å². The Hall–Kier alpha value is -1.96. The van der Waals surface area contributed by atoms with Crippen LogP contribution in [0, 0.1) is 0 Å². The summed E-state index contributed by atoms with van der Waals surface area (Å²) in [5.41, 5.74) is 5.04. The summed E-state index contributed by atoms with van der Waals surface area (Å²) in [7, 11) is -3.65. The molecule has 7 heteroatoms. The average molecular weight is 349 g/mol. The highest BCUT2D eigenvalue weighted by Crippen LogP contribution is 2.18. The predicted octanol–water partition coefficient (Wildman–Crippen LogP) is 1.36. The Kier molecular flexibility index (Phi) is 5.58. The molecule has 0 saturated heterocycles. The van der Waals surface area contributed by atoms with Gasteiger partial charge in [0.05, 0.1) is 4.90 Å². The van der Waals surface area contributed by atoms with E-state index in [1.54, 1.807) is 18.2 Å². The topological polar surface area (TPSA) is 101 Å². The minimum Gasteiger partial charge on any atom is -0.350 e. The first-order chi connectivity index (χ1) is 11.2. The maximum absolute atomic E-state index is 12.3. The van der Waals surface area contributed by atoms with E-state index in [-0.39, 0.29) is 23.8 Å². The van der Waals surface area contributed by atoms with Crippen LogP contribution >= 0.6 is 0 Å². The molecular weight excluding hydrogens is 326 g/mol. The van der Waals surface area contributed by atoms with Gasteiger partial charge in [0.25, 0.3) is 0 Å². The molecule has 0 aliphatic heterocycles. The molecule has 4 N–H and O–H groups in total. The Morgan fingerprint density at radius 2 is 1.79 bits per heavy atom. The lowest BCUT2D eigenvalue weighted by Crippen LogP contribution is -2.49. The van der Waals surface area contributed by atoms with Gasteiger partial charge in [-0.2, -0.15) is 0 Å². The van der Waals surface area contributed by atoms with Crippen LogP contribution in [0.2, 0.25) is 0 Å². The Bertz CT molecular complexity index is 832. The molecule has 2 aromatic rings. The van der Waals surface area contributed by atoms with Crippen molar-refractivity contribution in [3.63, 3.8) is 0 Å². The van der Waals surface area contributed by atoms with Crippen molar-refractivity contribution in [3.8, 4) is 0 Å². The summed E-state index contributed by atoms with van der Waals surface area (Å²) in [4.78, 5) is 12.0. The molecule has 2 aromatic carbocycles. The van der Waals surface area contributed by atoms with Crippen molar-refractivity contribution < 1.29 is 13.2 Å². The number of amides is 1. The van der Waals surface area contributed by atoms with E-state index in [4.69, 9.17) is 5.73 Å². The van der Waals surface area contributed by atoms with E-state index in [2.05, 4.69) is 10.0 Å². The van der Waals surface area contributed by atoms with Crippen molar-refractivity contribution in [2.24, 2.45) is 5.73 Å². The number of nitrogens with one attached hydrogen (secondary N) is 2. The summed E-state index contributed by atoms with van der Waals surface area (Å²) in [6, 6.07) is 12.5. The van der Waals surface area contributed by atoms with Gasteiger partial charge in [0, 0.05) is 25.0 Å². The SMILES string of the molecule is CC(C)(CN)NC(=O)CCNS(=O)(=O)c1ccc2ccccc2c1. The Morgan fingerprint density at radius 1 is 1.12 bits per heavy atom. The van der Waals surface area contributed by atoms with E-state index in [0.29, 0.717) is 6.54 Å². The summed E-state index contributed by atoms with van der Waals surface area (Å²) in [5.74, 6) is -0.244. The number of hydrogen-bond donors (Lipinski definition) is 3. The molecule has 0 unspecified atom stereocenters. The first-order valence-electron chi connectivity index (χ1n) is 7.73. The van der Waals surface area contributed by atoms with Crippen LogP contribution in [-0.2, 0) is 14.8 Å². The third-order valence-electron chi connectivity index (χ3n) is 3.66. The second-order valence-electron chi connectivity index (χ2n) is 6.29. The van der Waals surface area contributed by atoms with Crippen LogP contribution in [0.1, 0.15) is 20.3 Å². The quantitative estimate of drug-likeness (QED) is 0.702. The minimum absolute atomic E-state index is 0.0294. The molecule has 24 heavy (non-hydrogen) atoms. The smallest absolute Gasteiger partial charge is 0.240 e. The van der Waals surface area contributed by atoms with Crippen molar-refractivity contribution >= 4 is 26.7 Å². The molecule has 0 bridgehead atoms. The monoisotopic (exact) mass is 349 g/mol. The Labute approximate surface area is 142 Å². The number of nitrogens with two attached hydrogens (primary N) is 1. The fraction of sp³-hybridized carbons (Fsp3) is 0.353. The fourth-order valence-electron chi connectivity index (χ4n) is 2.21. The molecule has 1 amide bonds. The van der Waals surface area contributed by atoms with Gasteiger partial charge in [0.1, 0.15) is 0 Å². The van der Waals surface area contributed by atoms with Gasteiger partial charge < -0.3 is 11.1 Å². The summed E-state index contributed by atoms with van der Waals surface area (Å²) < 4.78 is 27.1. The van der Waals surface area contributed by atoms with Crippen LogP contribution in [0.5, 0.6) is 0 Å². The number of rotatable bonds is 7. The molecule has 6 nitrogen and oxygen atoms in total. The van der Waals surface area contributed by atoms with Crippen LogP contribution in [0.15, 0.2) is 47.4 Å². The van der Waals surface area contributed by atoms with Gasteiger partial charge in [-0.15, -0.1) is 0 Å². The van der Waals surface area contributed by atoms with Crippen molar-refractivity contribution in [3.05, 3.63) is 42.5 Å². The maximum atomic E-state index is 12.3. The summed E-state index contributed by atoms with van der Waals surface area (Å²) >= 11 is 0. The van der Waals surface area contributed by atoms with Crippen molar-refractivity contribution in [1.82, 2.24) is 10.0 Å². The van der Waals surface area contributed by atoms with Gasteiger partial charge >= 0.3 is 0 Å². The molecule has 0 saturated carbocycles. The van der Waals surface area contributed by atoms with Crippen molar-refractivity contribution in [1.29, 1.82) is 0 Å². The molecule has 0 aromatic heterocycles. The largest absolute Gasteiger partial charge is 0.350 e. The first kappa shape index (κ1) is 18.4. The van der Waals surface area contributed by atoms with E-state index in [0.717, 1.165) is 10.8 Å². The van der Waals surface area contributed by atoms with Crippen LogP contribution in [0.4, 0.5) is 0 Å². The third-order valence-corrected chi connectivity index (χ3v) is 5.12. The van der Waals surface area contributed by atoms with E-state index in [9.17, 15) is 13.2 Å². The van der Waals surface area contributed by atoms with Crippen LogP contribution < -0.4 is 15.8 Å². The number of fused-ring (bicyclic) bond motifs is 1. The Balaban J connectivity index is 1.99. The van der Waals surface area contributed by atoms with Gasteiger partial charge in [0.15, 0.2) is 0 Å². The second kappa shape index (κ2) is 7.29. The molecule has 0 aliphatic carbocycles. The summed E-state index contributed by atoms with van der Waals surface area (Å²) in [6.45, 7) is 3.96. The lowest BCUT2D eigenvalue weighted by molar-refractivity contribution is -0.122. The van der Waals surface area contributed by atoms with Gasteiger partial charge in [-0.05, 0) is 36.8 Å². The van der Waals surface area contributed by atoms with Gasteiger partial charge in [-0.1, -0.05) is 30.3 Å². The van der Waals surface area contributed by atoms with E-state index < -0.39 is 15.6 Å². The molecule has 0 radical (unpaired) electrons. The maximum Gasteiger partial charge on any atom is 0.240 e. The molecule has 0 heterocycles. The number of hydrogen-bond acceptors (Lipinski definition) is 4. The van der Waals surface area contributed by atoms with Gasteiger partial charge in [0.2, 0.25) is 15.9 Å². The zero-order valence-electron chi connectivity index (χ0n) is 13.9. The van der Waals surface area contributed by atoms with E-state index in [1.165, 1.54) is 0 Å². The first-order valence-corrected chi connectivity index (χ1v) is 9.21. The molecule has 2 rings (SSSR count). The highest BCUT2D eigenvalue weighted by Gasteiger charge is 2.19. The molecule has 0 fully saturated rings. The highest BCUT2D eigenvalue weighted by molar-refractivity contribution is 7.89. The molecule has 130 valence electrons. The van der Waals surface area contributed by atoms with Crippen LogP contribution in [0.3, 0.4) is 0 Å². The normalized spacial score (nSPS) is 12.3. The number of carbonyl (C=O) groups is 1. The molecular formula is C17H23N3O3S. The lowest BCUT2D eigenvalue weighted by atomic mass is 10.1. The van der Waals surface area contributed by atoms with E-state index >= 15 is 0 Å². The van der Waals surface area contributed by atoms with Gasteiger partial charge in [-0.3, -0.25) is 4.79 Å². The molecule has 0 aliphatic rings. The second-order valence-corrected chi connectivity index (χ2v) is 8.06. The predicted molar refractivity (Wildman–Crippen MR) is 95.0 cm³/mol. The third kappa shape index (κ3) is 4.77. The summed E-state index contributed by atoms with van der Waals surface area (Å²) in [5, 5.41) is 4.58. The number of carbonyl (C=O) groups excluding carboxylic acids is 1. The van der Waals surface area contributed by atoms with Gasteiger partial charge in [-0.25, -0.2) is 13.1 Å². The summed E-state index contributed by atoms with van der Waals surface area (Å²) in [6.07, 6.45) is 0.0518. The minimum atomic E-state index is -3.65. The standard InChI is InChI=1S/C17H23N3O3S/c1-17(2,12-18)20-16(21)9-10-19-24(22,23)15-8-7-13-5-3-4-6-14(13)11-15/h3-8,11,19H,9-10,12,18H2,1-2H3,(H,20,21). The van der Waals surface area contributed by atoms with Crippen molar-refractivity contribution in [2.45, 2.75) is 30.7 Å².